The highest BCUT2D eigenvalue weighted by Crippen LogP contribution is 2.34. The molecule has 0 aliphatic carbocycles. The van der Waals surface area contributed by atoms with Gasteiger partial charge in [0.1, 0.15) is 29.5 Å². The number of alkyl carbamates (subject to hydrolysis) is 1. The van der Waals surface area contributed by atoms with Gasteiger partial charge in [0.15, 0.2) is 0 Å². The van der Waals surface area contributed by atoms with Crippen LogP contribution in [-0.2, 0) is 14.3 Å². The van der Waals surface area contributed by atoms with Gasteiger partial charge in [-0.25, -0.2) is 9.78 Å². The number of likely N-dealkylation sites (tertiary alicyclic amines) is 1. The topological polar surface area (TPSA) is 119 Å². The first kappa shape index (κ1) is 33.5. The zero-order chi connectivity index (χ0) is 32.1. The lowest BCUT2D eigenvalue weighted by Crippen LogP contribution is -2.58. The standard InChI is InChI=1S/C31H42F2N4O6/c1-9-18(2)16-35-25(38)22-15-19(41-26-21-11-10-12-23(42-28(32)33)20(21)13-14-34-26)17-37(22)27(39)24(30(3,4)5)36-29(40)43-31(6,7)8/h9-14,18-19,22,24,28H,1,15-17H2,2-8H3,(H,35,38)(H,36,40)/t18-,19-,22+,24-/m1/s1. The number of nitrogens with one attached hydrogen (secondary N) is 2. The van der Waals surface area contributed by atoms with Crippen LogP contribution in [0.3, 0.4) is 0 Å². The van der Waals surface area contributed by atoms with Crippen LogP contribution in [0.2, 0.25) is 0 Å². The molecule has 1 aromatic carbocycles. The molecule has 0 spiro atoms. The van der Waals surface area contributed by atoms with Crippen molar-refractivity contribution in [1.82, 2.24) is 20.5 Å². The third-order valence-electron chi connectivity index (χ3n) is 6.85. The maximum absolute atomic E-state index is 14.1. The van der Waals surface area contributed by atoms with Crippen LogP contribution in [0, 0.1) is 11.3 Å². The summed E-state index contributed by atoms with van der Waals surface area (Å²) in [4.78, 5) is 45.9. The van der Waals surface area contributed by atoms with Crippen LogP contribution < -0.4 is 20.1 Å². The van der Waals surface area contributed by atoms with Crippen LogP contribution in [0.15, 0.2) is 43.1 Å². The van der Waals surface area contributed by atoms with Gasteiger partial charge in [-0.05, 0) is 50.3 Å². The number of aromatic nitrogens is 1. The Morgan fingerprint density at radius 2 is 1.84 bits per heavy atom. The summed E-state index contributed by atoms with van der Waals surface area (Å²) in [6, 6.07) is 4.24. The van der Waals surface area contributed by atoms with Gasteiger partial charge in [0.05, 0.1) is 6.54 Å². The van der Waals surface area contributed by atoms with E-state index < -0.39 is 47.8 Å². The fourth-order valence-corrected chi connectivity index (χ4v) is 4.68. The number of carbonyl (C=O) groups excluding carboxylic acids is 3. The Morgan fingerprint density at radius 3 is 2.44 bits per heavy atom. The summed E-state index contributed by atoms with van der Waals surface area (Å²) in [6.45, 7) is 13.5. The number of hydrogen-bond acceptors (Lipinski definition) is 7. The number of ether oxygens (including phenoxy) is 3. The largest absolute Gasteiger partial charge is 0.472 e. The Bertz CT molecular complexity index is 1320. The van der Waals surface area contributed by atoms with Crippen LogP contribution >= 0.6 is 0 Å². The average molecular weight is 605 g/mol. The van der Waals surface area contributed by atoms with E-state index in [-0.39, 0.29) is 36.4 Å². The number of fused-ring (bicyclic) bond motifs is 1. The number of halogens is 2. The summed E-state index contributed by atoms with van der Waals surface area (Å²) in [5, 5.41) is 6.38. The van der Waals surface area contributed by atoms with Gasteiger partial charge >= 0.3 is 12.7 Å². The van der Waals surface area contributed by atoms with E-state index in [0.29, 0.717) is 17.3 Å². The molecule has 0 saturated carbocycles. The maximum atomic E-state index is 14.1. The van der Waals surface area contributed by atoms with Crippen LogP contribution in [-0.4, -0.2) is 71.3 Å². The van der Waals surface area contributed by atoms with Gasteiger partial charge in [-0.15, -0.1) is 6.58 Å². The average Bonchev–Trinajstić information content (AvgIpc) is 3.32. The van der Waals surface area contributed by atoms with E-state index >= 15 is 0 Å². The quantitative estimate of drug-likeness (QED) is 0.364. The van der Waals surface area contributed by atoms with Crippen molar-refractivity contribution >= 4 is 28.7 Å². The molecule has 3 rings (SSSR count). The van der Waals surface area contributed by atoms with Gasteiger partial charge in [-0.1, -0.05) is 39.8 Å². The molecule has 236 valence electrons. The van der Waals surface area contributed by atoms with Gasteiger partial charge in [0.2, 0.25) is 17.7 Å². The van der Waals surface area contributed by atoms with Crippen molar-refractivity contribution in [3.8, 4) is 11.6 Å². The normalized spacial score (nSPS) is 18.6. The minimum Gasteiger partial charge on any atom is -0.472 e. The van der Waals surface area contributed by atoms with Crippen LogP contribution in [0.4, 0.5) is 13.6 Å². The molecule has 1 aliphatic heterocycles. The predicted molar refractivity (Wildman–Crippen MR) is 158 cm³/mol. The molecule has 3 amide bonds. The smallest absolute Gasteiger partial charge is 0.408 e. The molecule has 2 N–H and O–H groups in total. The SMILES string of the molecule is C=C[C@@H](C)CNC(=O)[C@@H]1C[C@@H](Oc2nccc3c(OC(F)F)cccc23)CN1C(=O)[C@@H](NC(=O)OC(C)(C)C)C(C)(C)C. The number of alkyl halides is 2. The third-order valence-corrected chi connectivity index (χ3v) is 6.85. The van der Waals surface area contributed by atoms with Crippen molar-refractivity contribution < 1.29 is 37.4 Å². The van der Waals surface area contributed by atoms with Crippen molar-refractivity contribution in [2.45, 2.75) is 85.3 Å². The van der Waals surface area contributed by atoms with E-state index in [1.165, 1.54) is 23.2 Å². The first-order valence-corrected chi connectivity index (χ1v) is 14.2. The summed E-state index contributed by atoms with van der Waals surface area (Å²) < 4.78 is 42.2. The van der Waals surface area contributed by atoms with Gasteiger partial charge in [0, 0.05) is 29.9 Å². The van der Waals surface area contributed by atoms with E-state index in [9.17, 15) is 23.2 Å². The molecule has 2 aromatic rings. The van der Waals surface area contributed by atoms with Crippen LogP contribution in [0.5, 0.6) is 11.6 Å². The monoisotopic (exact) mass is 604 g/mol. The molecule has 0 bridgehead atoms. The van der Waals surface area contributed by atoms with Gasteiger partial charge in [-0.2, -0.15) is 8.78 Å². The number of hydrogen-bond donors (Lipinski definition) is 2. The molecule has 2 heterocycles. The first-order valence-electron chi connectivity index (χ1n) is 14.2. The second kappa shape index (κ2) is 13.6. The van der Waals surface area contributed by atoms with Crippen LogP contribution in [0.1, 0.15) is 54.9 Å². The Labute approximate surface area is 251 Å². The Hall–Kier alpha value is -3.96. The highest BCUT2D eigenvalue weighted by Gasteiger charge is 2.46. The highest BCUT2D eigenvalue weighted by atomic mass is 19.3. The first-order chi connectivity index (χ1) is 20.0. The molecule has 12 heteroatoms. The molecule has 1 aliphatic rings. The van der Waals surface area contributed by atoms with E-state index in [4.69, 9.17) is 9.47 Å². The predicted octanol–water partition coefficient (Wildman–Crippen LogP) is 5.06. The molecule has 4 atom stereocenters. The number of amides is 3. The Balaban J connectivity index is 1.92. The van der Waals surface area contributed by atoms with Gasteiger partial charge in [0.25, 0.3) is 0 Å². The molecular formula is C31H42F2N4O6. The minimum absolute atomic E-state index is 0.00208. The number of carbonyl (C=O) groups is 3. The van der Waals surface area contributed by atoms with E-state index in [1.54, 1.807) is 59.8 Å². The summed E-state index contributed by atoms with van der Waals surface area (Å²) in [7, 11) is 0. The molecule has 43 heavy (non-hydrogen) atoms. The second-order valence-corrected chi connectivity index (χ2v) is 12.7. The number of rotatable bonds is 10. The molecule has 1 fully saturated rings. The fraction of sp³-hybridized carbons (Fsp3) is 0.548. The second-order valence-electron chi connectivity index (χ2n) is 12.7. The lowest BCUT2D eigenvalue weighted by atomic mass is 9.85. The summed E-state index contributed by atoms with van der Waals surface area (Å²) in [5.41, 5.74) is -1.51. The fourth-order valence-electron chi connectivity index (χ4n) is 4.68. The molecule has 0 radical (unpaired) electrons. The van der Waals surface area contributed by atoms with E-state index in [2.05, 4.69) is 26.9 Å². The van der Waals surface area contributed by atoms with Crippen molar-refractivity contribution in [2.24, 2.45) is 11.3 Å². The Kier molecular flexibility index (Phi) is 10.6. The number of benzene rings is 1. The number of nitrogens with zero attached hydrogens (tertiary/aromatic N) is 2. The van der Waals surface area contributed by atoms with E-state index in [0.717, 1.165) is 0 Å². The summed E-state index contributed by atoms with van der Waals surface area (Å²) in [5.74, 6) is -0.730. The molecule has 1 aromatic heterocycles. The summed E-state index contributed by atoms with van der Waals surface area (Å²) >= 11 is 0. The van der Waals surface area contributed by atoms with Crippen molar-refractivity contribution in [1.29, 1.82) is 0 Å². The minimum atomic E-state index is -3.01. The highest BCUT2D eigenvalue weighted by molar-refractivity contribution is 5.93. The molecule has 10 nitrogen and oxygen atoms in total. The zero-order valence-electron chi connectivity index (χ0n) is 25.8. The van der Waals surface area contributed by atoms with Crippen molar-refractivity contribution in [3.63, 3.8) is 0 Å². The molecular weight excluding hydrogens is 562 g/mol. The zero-order valence-corrected chi connectivity index (χ0v) is 25.8. The number of pyridine rings is 1. The van der Waals surface area contributed by atoms with Crippen molar-refractivity contribution in [2.75, 3.05) is 13.1 Å². The molecule has 0 unspecified atom stereocenters. The van der Waals surface area contributed by atoms with Crippen LogP contribution in [0.25, 0.3) is 10.8 Å². The van der Waals surface area contributed by atoms with Gasteiger partial charge in [-0.3, -0.25) is 9.59 Å². The van der Waals surface area contributed by atoms with E-state index in [1.807, 2.05) is 6.92 Å². The lowest BCUT2D eigenvalue weighted by Gasteiger charge is -2.35. The third kappa shape index (κ3) is 9.01. The lowest BCUT2D eigenvalue weighted by molar-refractivity contribution is -0.142. The maximum Gasteiger partial charge on any atom is 0.408 e. The van der Waals surface area contributed by atoms with Crippen molar-refractivity contribution in [3.05, 3.63) is 43.1 Å². The van der Waals surface area contributed by atoms with Gasteiger partial charge < -0.3 is 29.7 Å². The Morgan fingerprint density at radius 1 is 1.14 bits per heavy atom. The molecule has 1 saturated heterocycles. The summed E-state index contributed by atoms with van der Waals surface area (Å²) in [6.07, 6.45) is 1.83.